The molecule has 7 nitrogen and oxygen atoms in total. The molecule has 3 heterocycles. The summed E-state index contributed by atoms with van der Waals surface area (Å²) < 4.78 is 6.85. The van der Waals surface area contributed by atoms with Gasteiger partial charge >= 0.3 is 0 Å². The van der Waals surface area contributed by atoms with Crippen LogP contribution in [0.2, 0.25) is 0 Å². The van der Waals surface area contributed by atoms with E-state index in [0.717, 1.165) is 39.5 Å². The second-order valence-corrected chi connectivity index (χ2v) is 9.05. The summed E-state index contributed by atoms with van der Waals surface area (Å²) in [4.78, 5) is 25.4. The van der Waals surface area contributed by atoms with Crippen LogP contribution in [0.4, 0.5) is 5.82 Å². The molecule has 1 aliphatic rings. The van der Waals surface area contributed by atoms with Crippen molar-refractivity contribution in [2.45, 2.75) is 31.0 Å². The zero-order valence-electron chi connectivity index (χ0n) is 18.5. The van der Waals surface area contributed by atoms with E-state index in [1.165, 1.54) is 0 Å². The third-order valence-corrected chi connectivity index (χ3v) is 6.61. The lowest BCUT2D eigenvalue weighted by Gasteiger charge is -2.11. The van der Waals surface area contributed by atoms with Crippen LogP contribution in [-0.4, -0.2) is 21.6 Å². The van der Waals surface area contributed by atoms with E-state index in [1.54, 1.807) is 34.8 Å². The molecule has 0 saturated heterocycles. The highest BCUT2D eigenvalue weighted by Crippen LogP contribution is 2.34. The van der Waals surface area contributed by atoms with Crippen molar-refractivity contribution in [3.8, 4) is 11.1 Å². The van der Waals surface area contributed by atoms with Crippen molar-refractivity contribution in [1.82, 2.24) is 15.1 Å². The van der Waals surface area contributed by atoms with Gasteiger partial charge in [-0.05, 0) is 28.8 Å². The standard InChI is InChI=1S/C26H24N4O3S/c31-24(13-18-8-10-20(11-9-18)19-5-2-1-3-6-19)28-26-22-16-34-17-23(22)29-30(26)15-25(32)27-14-21-7-4-12-33-21/h1-12H,13-17H2,(H,27,32)(H,28,31). The molecule has 0 spiro atoms. The molecule has 2 amide bonds. The molecular weight excluding hydrogens is 448 g/mol. The molecule has 2 aromatic heterocycles. The Kier molecular flexibility index (Phi) is 6.49. The van der Waals surface area contributed by atoms with Crippen LogP contribution in [-0.2, 0) is 40.6 Å². The highest BCUT2D eigenvalue weighted by molar-refractivity contribution is 7.98. The zero-order valence-corrected chi connectivity index (χ0v) is 19.3. The van der Waals surface area contributed by atoms with Crippen molar-refractivity contribution < 1.29 is 14.0 Å². The van der Waals surface area contributed by atoms with Crippen molar-refractivity contribution in [1.29, 1.82) is 0 Å². The van der Waals surface area contributed by atoms with Gasteiger partial charge in [-0.2, -0.15) is 16.9 Å². The molecule has 34 heavy (non-hydrogen) atoms. The number of rotatable bonds is 8. The molecular formula is C26H24N4O3S. The second kappa shape index (κ2) is 10.0. The number of aromatic nitrogens is 2. The van der Waals surface area contributed by atoms with Crippen LogP contribution < -0.4 is 10.6 Å². The molecule has 0 fully saturated rings. The largest absolute Gasteiger partial charge is 0.467 e. The zero-order chi connectivity index (χ0) is 23.3. The van der Waals surface area contributed by atoms with E-state index in [2.05, 4.69) is 27.9 Å². The number of fused-ring (bicyclic) bond motifs is 1. The maximum absolute atomic E-state index is 12.9. The fourth-order valence-corrected chi connectivity index (χ4v) is 4.95. The van der Waals surface area contributed by atoms with Gasteiger partial charge in [0.1, 0.15) is 18.1 Å². The first-order valence-corrected chi connectivity index (χ1v) is 12.2. The summed E-state index contributed by atoms with van der Waals surface area (Å²) in [6.07, 6.45) is 1.81. The van der Waals surface area contributed by atoms with Crippen molar-refractivity contribution in [3.05, 3.63) is 95.6 Å². The van der Waals surface area contributed by atoms with E-state index in [9.17, 15) is 9.59 Å². The molecule has 4 aromatic rings. The van der Waals surface area contributed by atoms with Gasteiger partial charge in [-0.1, -0.05) is 54.6 Å². The van der Waals surface area contributed by atoms with Crippen molar-refractivity contribution >= 4 is 29.4 Å². The van der Waals surface area contributed by atoms with Gasteiger partial charge in [-0.3, -0.25) is 9.59 Å². The Morgan fingerprint density at radius 1 is 0.941 bits per heavy atom. The average Bonchev–Trinajstić information content (AvgIpc) is 3.59. The molecule has 0 aliphatic carbocycles. The second-order valence-electron chi connectivity index (χ2n) is 8.07. The van der Waals surface area contributed by atoms with Crippen LogP contribution in [0, 0.1) is 0 Å². The molecule has 172 valence electrons. The fraction of sp³-hybridized carbons (Fsp3) is 0.192. The third-order valence-electron chi connectivity index (χ3n) is 5.64. The molecule has 8 heteroatoms. The Morgan fingerprint density at radius 3 is 2.50 bits per heavy atom. The Morgan fingerprint density at radius 2 is 1.74 bits per heavy atom. The SMILES string of the molecule is O=C(Cn1nc2c(c1NC(=O)Cc1ccc(-c3ccccc3)cc1)CSC2)NCc1ccco1. The van der Waals surface area contributed by atoms with Gasteiger partial charge < -0.3 is 15.1 Å². The maximum atomic E-state index is 12.9. The van der Waals surface area contributed by atoms with Gasteiger partial charge in [0.2, 0.25) is 11.8 Å². The molecule has 2 N–H and O–H groups in total. The molecule has 5 rings (SSSR count). The lowest BCUT2D eigenvalue weighted by Crippen LogP contribution is -2.29. The number of hydrogen-bond donors (Lipinski definition) is 2. The maximum Gasteiger partial charge on any atom is 0.242 e. The quantitative estimate of drug-likeness (QED) is 0.397. The fourth-order valence-electron chi connectivity index (χ4n) is 3.92. The van der Waals surface area contributed by atoms with Crippen LogP contribution in [0.1, 0.15) is 22.6 Å². The minimum absolute atomic E-state index is 0.0275. The van der Waals surface area contributed by atoms with Crippen LogP contribution in [0.15, 0.2) is 77.4 Å². The normalized spacial score (nSPS) is 12.4. The Hall–Kier alpha value is -3.78. The minimum atomic E-state index is -0.197. The summed E-state index contributed by atoms with van der Waals surface area (Å²) in [6.45, 7) is 0.336. The molecule has 0 atom stereocenters. The van der Waals surface area contributed by atoms with Crippen LogP contribution in [0.5, 0.6) is 0 Å². The number of carbonyl (C=O) groups excluding carboxylic acids is 2. The van der Waals surface area contributed by atoms with Gasteiger partial charge in [0.15, 0.2) is 0 Å². The minimum Gasteiger partial charge on any atom is -0.467 e. The van der Waals surface area contributed by atoms with E-state index in [1.807, 2.05) is 42.5 Å². The number of benzene rings is 2. The first-order chi connectivity index (χ1) is 16.7. The van der Waals surface area contributed by atoms with E-state index in [-0.39, 0.29) is 24.8 Å². The molecule has 0 unspecified atom stereocenters. The predicted octanol–water partition coefficient (Wildman–Crippen LogP) is 4.39. The lowest BCUT2D eigenvalue weighted by molar-refractivity contribution is -0.122. The van der Waals surface area contributed by atoms with Crippen LogP contribution in [0.25, 0.3) is 11.1 Å². The summed E-state index contributed by atoms with van der Waals surface area (Å²) in [5.41, 5.74) is 5.09. The summed E-state index contributed by atoms with van der Waals surface area (Å²) in [7, 11) is 0. The van der Waals surface area contributed by atoms with E-state index < -0.39 is 0 Å². The predicted molar refractivity (Wildman–Crippen MR) is 132 cm³/mol. The lowest BCUT2D eigenvalue weighted by atomic mass is 10.0. The average molecular weight is 473 g/mol. The van der Waals surface area contributed by atoms with Gasteiger partial charge in [0.25, 0.3) is 0 Å². The summed E-state index contributed by atoms with van der Waals surface area (Å²) in [5, 5.41) is 10.4. The topological polar surface area (TPSA) is 89.2 Å². The first-order valence-electron chi connectivity index (χ1n) is 11.1. The van der Waals surface area contributed by atoms with Gasteiger partial charge in [0, 0.05) is 17.1 Å². The molecule has 1 aliphatic heterocycles. The number of furan rings is 1. The van der Waals surface area contributed by atoms with Crippen LogP contribution >= 0.6 is 11.8 Å². The molecule has 0 saturated carbocycles. The Labute approximate surface area is 201 Å². The van der Waals surface area contributed by atoms with Crippen molar-refractivity contribution in [3.63, 3.8) is 0 Å². The monoisotopic (exact) mass is 472 g/mol. The number of nitrogens with zero attached hydrogens (tertiary/aromatic N) is 2. The van der Waals surface area contributed by atoms with Crippen LogP contribution in [0.3, 0.4) is 0 Å². The smallest absolute Gasteiger partial charge is 0.242 e. The first kappa shape index (κ1) is 22.0. The van der Waals surface area contributed by atoms with Gasteiger partial charge in [0.05, 0.1) is 24.9 Å². The molecule has 2 aromatic carbocycles. The van der Waals surface area contributed by atoms with E-state index in [0.29, 0.717) is 18.1 Å². The number of carbonyl (C=O) groups is 2. The number of thioether (sulfide) groups is 1. The summed E-state index contributed by atoms with van der Waals surface area (Å²) in [6, 6.07) is 21.7. The number of nitrogens with one attached hydrogen (secondary N) is 2. The van der Waals surface area contributed by atoms with Crippen molar-refractivity contribution in [2.24, 2.45) is 0 Å². The Balaban J connectivity index is 1.24. The summed E-state index contributed by atoms with van der Waals surface area (Å²) >= 11 is 1.75. The highest BCUT2D eigenvalue weighted by Gasteiger charge is 2.25. The van der Waals surface area contributed by atoms with Gasteiger partial charge in [-0.15, -0.1) is 0 Å². The highest BCUT2D eigenvalue weighted by atomic mass is 32.2. The van der Waals surface area contributed by atoms with Gasteiger partial charge in [-0.25, -0.2) is 4.68 Å². The number of hydrogen-bond acceptors (Lipinski definition) is 5. The number of amides is 2. The van der Waals surface area contributed by atoms with E-state index >= 15 is 0 Å². The number of anilines is 1. The van der Waals surface area contributed by atoms with E-state index in [4.69, 9.17) is 4.42 Å². The molecule has 0 radical (unpaired) electrons. The molecule has 0 bridgehead atoms. The summed E-state index contributed by atoms with van der Waals surface area (Å²) in [5.74, 6) is 2.50. The Bertz CT molecular complexity index is 1280. The van der Waals surface area contributed by atoms with Crippen molar-refractivity contribution in [2.75, 3.05) is 5.32 Å². The third kappa shape index (κ3) is 5.07.